The maximum absolute atomic E-state index is 6.07. The molecule has 1 saturated heterocycles. The quantitative estimate of drug-likeness (QED) is 0.842. The van der Waals surface area contributed by atoms with E-state index in [-0.39, 0.29) is 12.0 Å². The molecule has 0 spiro atoms. The highest BCUT2D eigenvalue weighted by Crippen LogP contribution is 2.25. The molecule has 1 aliphatic rings. The smallest absolute Gasteiger partial charge is 0.221 e. The van der Waals surface area contributed by atoms with Gasteiger partial charge in [0.2, 0.25) is 5.95 Å². The number of aromatic nitrogens is 2. The van der Waals surface area contributed by atoms with Crippen molar-refractivity contribution in [2.75, 3.05) is 25.4 Å². The van der Waals surface area contributed by atoms with Gasteiger partial charge in [-0.2, -0.15) is 0 Å². The van der Waals surface area contributed by atoms with Crippen LogP contribution in [0.4, 0.5) is 5.95 Å². The minimum Gasteiger partial charge on any atom is -0.368 e. The maximum atomic E-state index is 6.07. The lowest BCUT2D eigenvalue weighted by Gasteiger charge is -2.36. The average molecular weight is 338 g/mol. The van der Waals surface area contributed by atoms with Crippen molar-refractivity contribution >= 4 is 29.2 Å². The highest BCUT2D eigenvalue weighted by Gasteiger charge is 2.25. The van der Waals surface area contributed by atoms with Crippen LogP contribution in [0.15, 0.2) is 30.3 Å². The van der Waals surface area contributed by atoms with Gasteiger partial charge in [-0.3, -0.25) is 4.90 Å². The predicted octanol–water partition coefficient (Wildman–Crippen LogP) is 2.51. The Morgan fingerprint density at radius 3 is 2.91 bits per heavy atom. The second-order valence-corrected chi connectivity index (χ2v) is 6.12. The fourth-order valence-corrected chi connectivity index (χ4v) is 3.13. The first-order valence-corrected chi connectivity index (χ1v) is 7.86. The van der Waals surface area contributed by atoms with Gasteiger partial charge in [0.25, 0.3) is 0 Å². The van der Waals surface area contributed by atoms with Crippen LogP contribution in [0.2, 0.25) is 10.2 Å². The van der Waals surface area contributed by atoms with Crippen LogP contribution in [0.25, 0.3) is 0 Å². The predicted molar refractivity (Wildman–Crippen MR) is 88.9 cm³/mol. The topological polar surface area (TPSA) is 67.1 Å². The van der Waals surface area contributed by atoms with Crippen LogP contribution in [-0.2, 0) is 6.54 Å². The summed E-state index contributed by atoms with van der Waals surface area (Å²) in [4.78, 5) is 10.6. The Bertz CT molecular complexity index is 644. The van der Waals surface area contributed by atoms with E-state index in [0.29, 0.717) is 5.15 Å². The van der Waals surface area contributed by atoms with Gasteiger partial charge in [0.05, 0.1) is 11.7 Å². The molecule has 116 valence electrons. The molecule has 1 unspecified atom stereocenters. The minimum absolute atomic E-state index is 0.107. The van der Waals surface area contributed by atoms with Crippen molar-refractivity contribution in [2.45, 2.75) is 12.6 Å². The molecule has 2 heterocycles. The highest BCUT2D eigenvalue weighted by molar-refractivity contribution is 6.30. The monoisotopic (exact) mass is 337 g/mol. The number of benzene rings is 1. The van der Waals surface area contributed by atoms with Gasteiger partial charge in [-0.25, -0.2) is 9.97 Å². The van der Waals surface area contributed by atoms with Crippen molar-refractivity contribution in [3.05, 3.63) is 51.8 Å². The van der Waals surface area contributed by atoms with Gasteiger partial charge in [0.15, 0.2) is 0 Å². The molecule has 0 amide bonds. The summed E-state index contributed by atoms with van der Waals surface area (Å²) < 4.78 is 0. The second kappa shape index (κ2) is 6.79. The van der Waals surface area contributed by atoms with Gasteiger partial charge in [-0.15, -0.1) is 0 Å². The summed E-state index contributed by atoms with van der Waals surface area (Å²) in [5.74, 6) is 0.204. The largest absolute Gasteiger partial charge is 0.368 e. The minimum atomic E-state index is 0.107. The molecule has 5 nitrogen and oxygen atoms in total. The molecule has 0 saturated carbocycles. The van der Waals surface area contributed by atoms with E-state index in [4.69, 9.17) is 28.9 Å². The van der Waals surface area contributed by atoms with Crippen molar-refractivity contribution in [3.63, 3.8) is 0 Å². The molecule has 1 aliphatic heterocycles. The first kappa shape index (κ1) is 15.5. The lowest BCUT2D eigenvalue weighted by molar-refractivity contribution is 0.150. The first-order valence-electron chi connectivity index (χ1n) is 7.11. The maximum Gasteiger partial charge on any atom is 0.221 e. The van der Waals surface area contributed by atoms with E-state index in [1.165, 1.54) is 5.56 Å². The molecular formula is C15H17Cl2N5. The zero-order valence-electron chi connectivity index (χ0n) is 12.0. The van der Waals surface area contributed by atoms with E-state index >= 15 is 0 Å². The van der Waals surface area contributed by atoms with Crippen molar-refractivity contribution in [1.29, 1.82) is 0 Å². The molecule has 1 aromatic heterocycles. The molecule has 0 radical (unpaired) electrons. The Balaban J connectivity index is 1.84. The lowest BCUT2D eigenvalue weighted by Crippen LogP contribution is -2.45. The second-order valence-electron chi connectivity index (χ2n) is 5.29. The van der Waals surface area contributed by atoms with Gasteiger partial charge in [0.1, 0.15) is 5.15 Å². The first-order chi connectivity index (χ1) is 10.6. The highest BCUT2D eigenvalue weighted by atomic mass is 35.5. The number of halogens is 2. The van der Waals surface area contributed by atoms with Crippen LogP contribution in [0.3, 0.4) is 0 Å². The van der Waals surface area contributed by atoms with Crippen molar-refractivity contribution < 1.29 is 0 Å². The summed E-state index contributed by atoms with van der Waals surface area (Å²) in [6, 6.07) is 9.80. The zero-order valence-corrected chi connectivity index (χ0v) is 13.5. The number of nitrogens with one attached hydrogen (secondary N) is 1. The van der Waals surface area contributed by atoms with Gasteiger partial charge < -0.3 is 11.1 Å². The van der Waals surface area contributed by atoms with Crippen LogP contribution < -0.4 is 11.1 Å². The summed E-state index contributed by atoms with van der Waals surface area (Å²) in [5, 5.41) is 4.51. The molecule has 0 aliphatic carbocycles. The molecule has 22 heavy (non-hydrogen) atoms. The SMILES string of the molecule is Nc1nc(Cl)cc(C2CNCCN2Cc2cccc(Cl)c2)n1. The third-order valence-corrected chi connectivity index (χ3v) is 4.13. The normalized spacial score (nSPS) is 19.3. The molecule has 7 heteroatoms. The third-order valence-electron chi connectivity index (χ3n) is 3.70. The Labute approximate surface area is 139 Å². The van der Waals surface area contributed by atoms with Gasteiger partial charge in [-0.05, 0) is 23.8 Å². The molecule has 2 aromatic rings. The number of hydrogen-bond donors (Lipinski definition) is 2. The number of nitrogens with zero attached hydrogens (tertiary/aromatic N) is 3. The van der Waals surface area contributed by atoms with E-state index in [1.54, 1.807) is 6.07 Å². The molecular weight excluding hydrogens is 321 g/mol. The summed E-state index contributed by atoms with van der Waals surface area (Å²) in [7, 11) is 0. The van der Waals surface area contributed by atoms with Crippen LogP contribution in [0, 0.1) is 0 Å². The Morgan fingerprint density at radius 2 is 2.14 bits per heavy atom. The van der Waals surface area contributed by atoms with Gasteiger partial charge >= 0.3 is 0 Å². The van der Waals surface area contributed by atoms with E-state index in [2.05, 4.69) is 26.3 Å². The Morgan fingerprint density at radius 1 is 1.27 bits per heavy atom. The standard InChI is InChI=1S/C15H17Cl2N5/c16-11-3-1-2-10(6-11)9-22-5-4-19-8-13(22)12-7-14(17)21-15(18)20-12/h1-3,6-7,13,19H,4-5,8-9H2,(H2,18,20,21). The summed E-state index contributed by atoms with van der Waals surface area (Å²) in [6.45, 7) is 3.45. The van der Waals surface area contributed by atoms with Gasteiger partial charge in [0, 0.05) is 31.2 Å². The van der Waals surface area contributed by atoms with Crippen LogP contribution >= 0.6 is 23.2 Å². The van der Waals surface area contributed by atoms with Crippen LogP contribution in [-0.4, -0.2) is 34.5 Å². The Kier molecular flexibility index (Phi) is 4.78. The molecule has 3 rings (SSSR count). The zero-order chi connectivity index (χ0) is 15.5. The molecule has 1 atom stereocenters. The van der Waals surface area contributed by atoms with Gasteiger partial charge in [-0.1, -0.05) is 35.3 Å². The van der Waals surface area contributed by atoms with E-state index in [1.807, 2.05) is 18.2 Å². The summed E-state index contributed by atoms with van der Waals surface area (Å²) >= 11 is 12.1. The average Bonchev–Trinajstić information content (AvgIpc) is 2.47. The third kappa shape index (κ3) is 3.67. The van der Waals surface area contributed by atoms with Crippen molar-refractivity contribution in [1.82, 2.24) is 20.2 Å². The van der Waals surface area contributed by atoms with E-state index in [0.717, 1.165) is 36.9 Å². The number of hydrogen-bond acceptors (Lipinski definition) is 5. The number of nitrogen functional groups attached to an aromatic ring is 1. The summed E-state index contributed by atoms with van der Waals surface area (Å²) in [6.07, 6.45) is 0. The fraction of sp³-hybridized carbons (Fsp3) is 0.333. The molecule has 1 fully saturated rings. The number of anilines is 1. The van der Waals surface area contributed by atoms with Crippen molar-refractivity contribution in [3.8, 4) is 0 Å². The molecule has 3 N–H and O–H groups in total. The number of piperazine rings is 1. The Hall–Kier alpha value is -1.40. The number of nitrogens with two attached hydrogens (primary N) is 1. The van der Waals surface area contributed by atoms with E-state index < -0.39 is 0 Å². The number of rotatable bonds is 3. The van der Waals surface area contributed by atoms with Crippen molar-refractivity contribution in [2.24, 2.45) is 0 Å². The fourth-order valence-electron chi connectivity index (χ4n) is 2.72. The van der Waals surface area contributed by atoms with E-state index in [9.17, 15) is 0 Å². The van der Waals surface area contributed by atoms with Crippen LogP contribution in [0.1, 0.15) is 17.3 Å². The lowest BCUT2D eigenvalue weighted by atomic mass is 10.1. The van der Waals surface area contributed by atoms with Crippen LogP contribution in [0.5, 0.6) is 0 Å². The summed E-state index contributed by atoms with van der Waals surface area (Å²) in [5.41, 5.74) is 7.73. The molecule has 1 aromatic carbocycles. The molecule has 0 bridgehead atoms.